The first-order chi connectivity index (χ1) is 28.3. The van der Waals surface area contributed by atoms with Crippen LogP contribution >= 0.6 is 63.5 Å². The van der Waals surface area contributed by atoms with Gasteiger partial charge in [-0.05, 0) is 48.5 Å². The van der Waals surface area contributed by atoms with E-state index in [0.717, 1.165) is 28.7 Å². The Bertz CT molecular complexity index is 1690. The van der Waals surface area contributed by atoms with Crippen molar-refractivity contribution in [2.45, 2.75) is 0 Å². The van der Waals surface area contributed by atoms with Gasteiger partial charge in [0.25, 0.3) is 0 Å². The van der Waals surface area contributed by atoms with Crippen molar-refractivity contribution >= 4 is 106 Å². The summed E-state index contributed by atoms with van der Waals surface area (Å²) < 4.78 is 18.2. The van der Waals surface area contributed by atoms with Gasteiger partial charge in [-0.15, -0.1) is 0 Å². The molecule has 380 valence electrons. The molecule has 0 saturated heterocycles. The minimum atomic E-state index is -4.18. The minimum Gasteiger partial charge on any atom is 0 e. The van der Waals surface area contributed by atoms with Crippen molar-refractivity contribution in [2.75, 3.05) is 28.2 Å². The molecule has 0 bridgehead atoms. The Balaban J connectivity index is -0.000000138. The summed E-state index contributed by atoms with van der Waals surface area (Å²) in [6, 6.07) is 18.4. The van der Waals surface area contributed by atoms with Gasteiger partial charge in [0.1, 0.15) is 0 Å². The van der Waals surface area contributed by atoms with E-state index in [1.165, 1.54) is 72.8 Å². The molecular formula is C28H52NO26P8U6+9. The molecule has 4 aromatic carbocycles. The normalized spacial score (nSPS) is 11.5. The topological polar surface area (TPSA) is 520 Å². The van der Waals surface area contributed by atoms with Crippen molar-refractivity contribution in [1.82, 2.24) is 0 Å². The molecule has 4 aromatic rings. The van der Waals surface area contributed by atoms with Gasteiger partial charge in [-0.25, -0.2) is 0 Å². The summed E-state index contributed by atoms with van der Waals surface area (Å²) in [7, 11) is -24.9. The maximum Gasteiger partial charge on any atom is 0 e. The van der Waals surface area contributed by atoms with Gasteiger partial charge in [-0.3, -0.25) is 0 Å². The molecule has 24 N–H and O–H groups in total. The Morgan fingerprint density at radius 2 is 0.348 bits per heavy atom. The number of nitrogens with zero attached hydrogens (tertiary/aromatic N) is 1. The van der Waals surface area contributed by atoms with Crippen molar-refractivity contribution < 1.29 is 310 Å². The third-order valence-electron chi connectivity index (χ3n) is 6.09. The number of benzene rings is 4. The maximum absolute atomic E-state index is 8.87. The van der Waals surface area contributed by atoms with E-state index in [0.29, 0.717) is 0 Å². The Labute approximate surface area is 532 Å². The quantitative estimate of drug-likeness (QED) is 0.0576. The van der Waals surface area contributed by atoms with Gasteiger partial charge >= 0.3 is 95.8 Å². The Morgan fingerprint density at radius 3 is 0.406 bits per heavy atom. The fraction of sp³-hybridized carbons (Fsp3) is 0.143. The van der Waals surface area contributed by atoms with Crippen LogP contribution < -0.4 is 42.4 Å². The number of hydrogen-bond donors (Lipinski definition) is 24. The first kappa shape index (κ1) is 88.1. The van der Waals surface area contributed by atoms with Crippen molar-refractivity contribution in [3.05, 3.63) is 97.1 Å². The molecule has 0 heterocycles. The van der Waals surface area contributed by atoms with Crippen LogP contribution in [0.15, 0.2) is 97.1 Å². The fourth-order valence-electron chi connectivity index (χ4n) is 3.46. The summed E-state index contributed by atoms with van der Waals surface area (Å²) in [5.74, 6) is 0. The summed E-state index contributed by atoms with van der Waals surface area (Å²) in [5, 5.41) is -2.03. The van der Waals surface area contributed by atoms with Crippen molar-refractivity contribution in [2.24, 2.45) is 0 Å². The molecule has 0 aliphatic rings. The van der Waals surface area contributed by atoms with Crippen LogP contribution in [0.2, 0.25) is 0 Å². The Hall–Kier alpha value is 5.23. The van der Waals surface area contributed by atoms with Gasteiger partial charge in [0.2, 0.25) is 0 Å². The van der Waals surface area contributed by atoms with E-state index in [4.69, 9.17) is 122 Å². The molecule has 27 nitrogen and oxygen atoms in total. The van der Waals surface area contributed by atoms with E-state index in [2.05, 4.69) is 28.2 Å². The van der Waals surface area contributed by atoms with Gasteiger partial charge < -0.3 is 4.48 Å². The number of rotatable bonds is 8. The van der Waals surface area contributed by atoms with Crippen LogP contribution in [0.25, 0.3) is 0 Å². The molecule has 0 amide bonds. The molecule has 69 heavy (non-hydrogen) atoms. The minimum absolute atomic E-state index is 0. The fourth-order valence-corrected chi connectivity index (χ4v) is 8.66. The molecule has 4 rings (SSSR count). The predicted octanol–water partition coefficient (Wildman–Crippen LogP) is -6.25. The van der Waals surface area contributed by atoms with Crippen LogP contribution in [-0.4, -0.2) is 150 Å². The first-order valence-electron chi connectivity index (χ1n) is 16.1. The molecule has 0 aliphatic heterocycles. The molecule has 0 atom stereocenters. The van der Waals surface area contributed by atoms with Crippen molar-refractivity contribution in [3.8, 4) is 0 Å². The number of quaternary nitrogens is 1. The molecule has 0 spiro atoms. The Kier molecular flexibility index (Phi) is 48.5. The van der Waals surface area contributed by atoms with E-state index in [9.17, 15) is 0 Å². The van der Waals surface area contributed by atoms with E-state index in [1.807, 2.05) is 0 Å². The predicted molar refractivity (Wildman–Crippen MR) is 237 cm³/mol. The summed E-state index contributed by atoms with van der Waals surface area (Å²) in [4.78, 5) is 213. The molecule has 0 aliphatic carbocycles. The third kappa shape index (κ3) is 42.7. The van der Waals surface area contributed by atoms with Crippen molar-refractivity contribution in [1.29, 1.82) is 0 Å². The van der Waals surface area contributed by atoms with E-state index in [1.54, 1.807) is 0 Å². The van der Waals surface area contributed by atoms with E-state index < -0.39 is 91.4 Å². The summed E-state index contributed by atoms with van der Waals surface area (Å²) in [6.07, 6.45) is 0. The van der Waals surface area contributed by atoms with Gasteiger partial charge in [0.05, 0.1) is 28.2 Å². The zero-order valence-electron chi connectivity index (χ0n) is 35.8. The monoisotopic (exact) mass is 2490 g/mol. The first-order valence-corrected chi connectivity index (χ1v) is 32.6. The molecule has 0 fully saturated rings. The van der Waals surface area contributed by atoms with E-state index in [-0.39, 0.29) is 198 Å². The maximum atomic E-state index is 8.87. The summed E-state index contributed by atoms with van der Waals surface area (Å²) in [6.45, 7) is 0. The second-order valence-corrected chi connectivity index (χ2v) is 27.3. The van der Waals surface area contributed by atoms with Gasteiger partial charge in [-0.1, -0.05) is 24.3 Å². The molecule has 0 radical (unpaired) electrons. The second-order valence-electron chi connectivity index (χ2n) is 13.4. The van der Waals surface area contributed by atoms with Gasteiger partial charge in [0.15, 0.2) is 42.4 Å². The average Bonchev–Trinajstić information content (AvgIpc) is 3.10. The molecule has 0 saturated carbocycles. The molecule has 41 heteroatoms. The standard InChI is InChI=1S/4C6H10O6P2.C4H12N.2O.6U/c4*7-13(8,9)5-2-1-3-6(4-5)14(10,11)12;1-5(2,3)4;;;;;;;;/h4*1-4,7-12H;1-4H3;;;;;;;;/q4*+2;+1;;;;;;;;. The van der Waals surface area contributed by atoms with Crippen molar-refractivity contribution in [3.63, 3.8) is 0 Å². The van der Waals surface area contributed by atoms with Crippen LogP contribution in [0.3, 0.4) is 0 Å². The summed E-state index contributed by atoms with van der Waals surface area (Å²) >= 11 is -2.51. The average molecular weight is 2490 g/mol. The van der Waals surface area contributed by atoms with E-state index >= 15 is 0 Å². The smallest absolute Gasteiger partial charge is 0 e. The molecular weight excluding hydrogens is 2440 g/mol. The number of hydrogen-bond acceptors (Lipinski definition) is 26. The summed E-state index contributed by atoms with van der Waals surface area (Å²) in [5.41, 5.74) is 0. The largest absolute Gasteiger partial charge is 0 e. The molecule has 0 aromatic heterocycles. The van der Waals surface area contributed by atoms with Crippen LogP contribution in [0.4, 0.5) is 0 Å². The van der Waals surface area contributed by atoms with Gasteiger partial charge in [0, 0.05) is 180 Å². The molecule has 0 unspecified atom stereocenters. The zero-order valence-corrected chi connectivity index (χ0v) is 67.9. The Morgan fingerprint density at radius 1 is 0.275 bits per heavy atom. The van der Waals surface area contributed by atoms with Crippen LogP contribution in [0, 0.1) is 183 Å². The van der Waals surface area contributed by atoms with Crippen LogP contribution in [0.1, 0.15) is 0 Å². The van der Waals surface area contributed by atoms with Crippen LogP contribution in [0.5, 0.6) is 0 Å². The van der Waals surface area contributed by atoms with Gasteiger partial charge in [-0.2, -0.15) is 117 Å². The van der Waals surface area contributed by atoms with Crippen LogP contribution in [-0.2, 0) is 4.47 Å². The SMILES string of the molecule is C[N+](C)(C)C.O[P+](O)(O)c1cccc([P+](O)(O)O)c1.O[P+](O)(O)c1cccc([P+](O)(O)O)c1.O[P+](O)(O)c1cccc([P+](O)(O)O)c1.O[P+](O)(O)c1cccc([P+](O)(O)O)c1.[O]=[U]=[O].[U].[U].[U].[U].[U]. The second kappa shape index (κ2) is 38.0. The zero-order chi connectivity index (χ0) is 51.1. The third-order valence-corrected chi connectivity index (χ3v) is 13.9.